The molecule has 0 aromatic carbocycles. The summed E-state index contributed by atoms with van der Waals surface area (Å²) in [5, 5.41) is 3.64. The summed E-state index contributed by atoms with van der Waals surface area (Å²) in [6, 6.07) is 0.647. The van der Waals surface area contributed by atoms with Gasteiger partial charge in [-0.15, -0.1) is 0 Å². The van der Waals surface area contributed by atoms with Gasteiger partial charge in [-0.1, -0.05) is 13.3 Å². The average Bonchev–Trinajstić information content (AvgIpc) is 2.85. The molecule has 1 heterocycles. The van der Waals surface area contributed by atoms with Crippen LogP contribution in [-0.4, -0.2) is 22.1 Å². The maximum atomic E-state index is 11.7. The lowest BCUT2D eigenvalue weighted by Crippen LogP contribution is -2.34. The van der Waals surface area contributed by atoms with Gasteiger partial charge in [-0.25, -0.2) is 9.78 Å². The van der Waals surface area contributed by atoms with Crippen LogP contribution in [0.25, 0.3) is 0 Å². The van der Waals surface area contributed by atoms with Crippen LogP contribution in [0.5, 0.6) is 0 Å². The van der Waals surface area contributed by atoms with Gasteiger partial charge in [-0.3, -0.25) is 4.57 Å². The van der Waals surface area contributed by atoms with Crippen LogP contribution in [0.2, 0.25) is 0 Å². The third-order valence-corrected chi connectivity index (χ3v) is 4.04. The predicted octanol–water partition coefficient (Wildman–Crippen LogP) is 2.11. The molecular formula is C15H25N3O. The standard InChI is InChI=1S/C15H25N3O/c1-3-8-16-14-6-4-5-13(14)7-9-18-11-12(2)10-17-15(18)19/h10-11,13-14,16H,3-9H2,1-2H3. The molecule has 1 aliphatic rings. The Hall–Kier alpha value is -1.16. The van der Waals surface area contributed by atoms with Crippen LogP contribution in [0.1, 0.15) is 44.6 Å². The summed E-state index contributed by atoms with van der Waals surface area (Å²) in [4.78, 5) is 15.6. The highest BCUT2D eigenvalue weighted by atomic mass is 16.1. The van der Waals surface area contributed by atoms with Crippen molar-refractivity contribution in [2.45, 2.75) is 58.5 Å². The molecule has 2 atom stereocenters. The lowest BCUT2D eigenvalue weighted by Gasteiger charge is -2.21. The second kappa shape index (κ2) is 6.85. The van der Waals surface area contributed by atoms with Crippen molar-refractivity contribution in [2.75, 3.05) is 6.54 Å². The Labute approximate surface area is 115 Å². The molecule has 1 N–H and O–H groups in total. The first-order chi connectivity index (χ1) is 9.20. The topological polar surface area (TPSA) is 46.9 Å². The highest BCUT2D eigenvalue weighted by molar-refractivity contribution is 4.99. The SMILES string of the molecule is CCCNC1CCCC1CCn1cc(C)cnc1=O. The van der Waals surface area contributed by atoms with E-state index in [0.29, 0.717) is 12.0 Å². The van der Waals surface area contributed by atoms with Gasteiger partial charge in [0.25, 0.3) is 0 Å². The Morgan fingerprint density at radius 3 is 3.11 bits per heavy atom. The Balaban J connectivity index is 1.90. The molecule has 1 aromatic heterocycles. The molecule has 1 fully saturated rings. The Morgan fingerprint density at radius 1 is 1.47 bits per heavy atom. The molecule has 1 aromatic rings. The fourth-order valence-electron chi connectivity index (χ4n) is 3.01. The summed E-state index contributed by atoms with van der Waals surface area (Å²) in [7, 11) is 0. The van der Waals surface area contributed by atoms with E-state index in [1.54, 1.807) is 10.8 Å². The van der Waals surface area contributed by atoms with E-state index in [2.05, 4.69) is 17.2 Å². The first-order valence-corrected chi connectivity index (χ1v) is 7.47. The molecule has 4 heteroatoms. The molecule has 0 spiro atoms. The number of nitrogens with zero attached hydrogens (tertiary/aromatic N) is 2. The smallest absolute Gasteiger partial charge is 0.314 e. The normalized spacial score (nSPS) is 22.8. The van der Waals surface area contributed by atoms with Crippen LogP contribution in [-0.2, 0) is 6.54 Å². The summed E-state index contributed by atoms with van der Waals surface area (Å²) in [6.07, 6.45) is 9.70. The summed E-state index contributed by atoms with van der Waals surface area (Å²) in [5.74, 6) is 0.707. The first-order valence-electron chi connectivity index (χ1n) is 7.47. The number of aromatic nitrogens is 2. The van der Waals surface area contributed by atoms with E-state index < -0.39 is 0 Å². The van der Waals surface area contributed by atoms with Gasteiger partial charge in [0.1, 0.15) is 0 Å². The van der Waals surface area contributed by atoms with Gasteiger partial charge in [0.2, 0.25) is 0 Å². The molecule has 0 aliphatic heterocycles. The van der Waals surface area contributed by atoms with E-state index in [9.17, 15) is 4.79 Å². The monoisotopic (exact) mass is 263 g/mol. The molecule has 0 radical (unpaired) electrons. The van der Waals surface area contributed by atoms with Crippen molar-refractivity contribution in [1.82, 2.24) is 14.9 Å². The van der Waals surface area contributed by atoms with Crippen molar-refractivity contribution in [3.63, 3.8) is 0 Å². The molecule has 4 nitrogen and oxygen atoms in total. The van der Waals surface area contributed by atoms with Crippen molar-refractivity contribution < 1.29 is 0 Å². The fraction of sp³-hybridized carbons (Fsp3) is 0.733. The Bertz CT molecular complexity index is 455. The predicted molar refractivity (Wildman–Crippen MR) is 77.3 cm³/mol. The maximum Gasteiger partial charge on any atom is 0.347 e. The van der Waals surface area contributed by atoms with E-state index in [1.807, 2.05) is 13.1 Å². The first kappa shape index (κ1) is 14.3. The van der Waals surface area contributed by atoms with Gasteiger partial charge in [-0.2, -0.15) is 0 Å². The van der Waals surface area contributed by atoms with Gasteiger partial charge in [0, 0.05) is 25.0 Å². The Kier molecular flexibility index (Phi) is 5.14. The molecular weight excluding hydrogens is 238 g/mol. The van der Waals surface area contributed by atoms with Crippen LogP contribution in [0.15, 0.2) is 17.2 Å². The van der Waals surface area contributed by atoms with Gasteiger partial charge < -0.3 is 5.32 Å². The molecule has 2 unspecified atom stereocenters. The lowest BCUT2D eigenvalue weighted by molar-refractivity contribution is 0.358. The third-order valence-electron chi connectivity index (χ3n) is 4.04. The summed E-state index contributed by atoms with van der Waals surface area (Å²) in [5.41, 5.74) is 0.924. The fourth-order valence-corrected chi connectivity index (χ4v) is 3.01. The maximum absolute atomic E-state index is 11.7. The highest BCUT2D eigenvalue weighted by Gasteiger charge is 2.26. The molecule has 106 valence electrons. The molecule has 19 heavy (non-hydrogen) atoms. The largest absolute Gasteiger partial charge is 0.347 e. The highest BCUT2D eigenvalue weighted by Crippen LogP contribution is 2.28. The zero-order chi connectivity index (χ0) is 13.7. The molecule has 1 saturated carbocycles. The van der Waals surface area contributed by atoms with Crippen molar-refractivity contribution in [3.05, 3.63) is 28.4 Å². The second-order valence-electron chi connectivity index (χ2n) is 5.65. The van der Waals surface area contributed by atoms with Gasteiger partial charge in [0.15, 0.2) is 0 Å². The lowest BCUT2D eigenvalue weighted by atomic mass is 9.99. The van der Waals surface area contributed by atoms with Crippen LogP contribution >= 0.6 is 0 Å². The minimum absolute atomic E-state index is 0.123. The van der Waals surface area contributed by atoms with Gasteiger partial charge in [-0.05, 0) is 50.6 Å². The summed E-state index contributed by atoms with van der Waals surface area (Å²) in [6.45, 7) is 6.08. The average molecular weight is 263 g/mol. The number of aryl methyl sites for hydroxylation is 2. The molecule has 0 bridgehead atoms. The second-order valence-corrected chi connectivity index (χ2v) is 5.65. The van der Waals surface area contributed by atoms with Crippen LogP contribution in [0.3, 0.4) is 0 Å². The molecule has 2 rings (SSSR count). The summed E-state index contributed by atoms with van der Waals surface area (Å²) >= 11 is 0. The molecule has 0 amide bonds. The molecule has 1 aliphatic carbocycles. The van der Waals surface area contributed by atoms with Gasteiger partial charge >= 0.3 is 5.69 Å². The van der Waals surface area contributed by atoms with Crippen molar-refractivity contribution >= 4 is 0 Å². The van der Waals surface area contributed by atoms with Crippen LogP contribution < -0.4 is 11.0 Å². The van der Waals surface area contributed by atoms with E-state index in [1.165, 1.54) is 25.7 Å². The third kappa shape index (κ3) is 3.90. The van der Waals surface area contributed by atoms with E-state index >= 15 is 0 Å². The van der Waals surface area contributed by atoms with Crippen LogP contribution in [0, 0.1) is 12.8 Å². The Morgan fingerprint density at radius 2 is 2.32 bits per heavy atom. The van der Waals surface area contributed by atoms with Crippen molar-refractivity contribution in [1.29, 1.82) is 0 Å². The molecule has 0 saturated heterocycles. The minimum Gasteiger partial charge on any atom is -0.314 e. The van der Waals surface area contributed by atoms with E-state index in [-0.39, 0.29) is 5.69 Å². The number of hydrogen-bond acceptors (Lipinski definition) is 3. The van der Waals surface area contributed by atoms with E-state index in [0.717, 1.165) is 25.1 Å². The summed E-state index contributed by atoms with van der Waals surface area (Å²) < 4.78 is 1.75. The van der Waals surface area contributed by atoms with Crippen molar-refractivity contribution in [2.24, 2.45) is 5.92 Å². The zero-order valence-corrected chi connectivity index (χ0v) is 12.1. The minimum atomic E-state index is -0.123. The quantitative estimate of drug-likeness (QED) is 0.855. The van der Waals surface area contributed by atoms with E-state index in [4.69, 9.17) is 0 Å². The number of rotatable bonds is 6. The zero-order valence-electron chi connectivity index (χ0n) is 12.1. The number of nitrogens with one attached hydrogen (secondary N) is 1. The van der Waals surface area contributed by atoms with Crippen LogP contribution in [0.4, 0.5) is 0 Å². The van der Waals surface area contributed by atoms with Gasteiger partial charge in [0.05, 0.1) is 0 Å². The number of hydrogen-bond donors (Lipinski definition) is 1. The van der Waals surface area contributed by atoms with Crippen molar-refractivity contribution in [3.8, 4) is 0 Å².